The van der Waals surface area contributed by atoms with Gasteiger partial charge in [0.15, 0.2) is 0 Å². The first kappa shape index (κ1) is 15.4. The highest BCUT2D eigenvalue weighted by Crippen LogP contribution is 2.32. The first-order chi connectivity index (χ1) is 9.63. The maximum atomic E-state index is 5.34. The smallest absolute Gasteiger partial charge is 0.119 e. The van der Waals surface area contributed by atoms with Gasteiger partial charge >= 0.3 is 0 Å². The predicted octanol–water partition coefficient (Wildman–Crippen LogP) is 4.49. The summed E-state index contributed by atoms with van der Waals surface area (Å²) in [6.07, 6.45) is 6.24. The Bertz CT molecular complexity index is 429. The van der Waals surface area contributed by atoms with Gasteiger partial charge in [0.2, 0.25) is 0 Å². The zero-order chi connectivity index (χ0) is 14.5. The quantitative estimate of drug-likeness (QED) is 0.826. The summed E-state index contributed by atoms with van der Waals surface area (Å²) in [6, 6.07) is 7.66. The summed E-state index contributed by atoms with van der Waals surface area (Å²) in [4.78, 5) is 0. The van der Waals surface area contributed by atoms with Crippen LogP contribution >= 0.6 is 0 Å². The van der Waals surface area contributed by atoms with Crippen LogP contribution in [0.3, 0.4) is 0 Å². The minimum absolute atomic E-state index is 0.517. The number of hydrogen-bond donors (Lipinski definition) is 1. The minimum Gasteiger partial charge on any atom is -0.497 e. The Morgan fingerprint density at radius 1 is 1.35 bits per heavy atom. The third-order valence-corrected chi connectivity index (χ3v) is 4.60. The lowest BCUT2D eigenvalue weighted by atomic mass is 9.86. The summed E-state index contributed by atoms with van der Waals surface area (Å²) in [5.41, 5.74) is 2.94. The lowest BCUT2D eigenvalue weighted by Gasteiger charge is -2.30. The average molecular weight is 275 g/mol. The van der Waals surface area contributed by atoms with Crippen LogP contribution < -0.4 is 10.1 Å². The van der Waals surface area contributed by atoms with E-state index in [2.05, 4.69) is 44.3 Å². The van der Waals surface area contributed by atoms with Crippen LogP contribution in [0.2, 0.25) is 0 Å². The maximum Gasteiger partial charge on any atom is 0.119 e. The number of aryl methyl sites for hydroxylation is 1. The van der Waals surface area contributed by atoms with Crippen LogP contribution in [0.25, 0.3) is 0 Å². The van der Waals surface area contributed by atoms with Gasteiger partial charge in [-0.05, 0) is 61.8 Å². The van der Waals surface area contributed by atoms with E-state index in [1.807, 2.05) is 0 Å². The van der Waals surface area contributed by atoms with Crippen molar-refractivity contribution in [3.63, 3.8) is 0 Å². The Morgan fingerprint density at radius 2 is 2.15 bits per heavy atom. The van der Waals surface area contributed by atoms with Crippen LogP contribution in [0, 0.1) is 5.92 Å². The predicted molar refractivity (Wildman–Crippen MR) is 85.3 cm³/mol. The number of benzene rings is 1. The molecule has 2 rings (SSSR count). The van der Waals surface area contributed by atoms with Crippen molar-refractivity contribution in [1.82, 2.24) is 5.32 Å². The van der Waals surface area contributed by atoms with Gasteiger partial charge in [0.25, 0.3) is 0 Å². The van der Waals surface area contributed by atoms with Crippen molar-refractivity contribution in [2.45, 2.75) is 65.0 Å². The van der Waals surface area contributed by atoms with Crippen molar-refractivity contribution in [3.05, 3.63) is 29.3 Å². The molecular formula is C18H29NO. The lowest BCUT2D eigenvalue weighted by molar-refractivity contribution is 0.353. The molecule has 2 heteroatoms. The van der Waals surface area contributed by atoms with Gasteiger partial charge in [-0.15, -0.1) is 0 Å². The molecule has 1 aliphatic rings. The molecule has 0 saturated carbocycles. The molecule has 3 unspecified atom stereocenters. The monoisotopic (exact) mass is 275 g/mol. The first-order valence-corrected chi connectivity index (χ1v) is 8.06. The molecule has 0 aliphatic heterocycles. The van der Waals surface area contributed by atoms with E-state index in [0.29, 0.717) is 12.1 Å². The third kappa shape index (κ3) is 3.76. The molecule has 3 atom stereocenters. The fourth-order valence-corrected chi connectivity index (χ4v) is 3.27. The molecule has 112 valence electrons. The first-order valence-electron chi connectivity index (χ1n) is 8.06. The van der Waals surface area contributed by atoms with Crippen molar-refractivity contribution < 1.29 is 4.74 Å². The fraction of sp³-hybridized carbons (Fsp3) is 0.667. The molecular weight excluding hydrogens is 246 g/mol. The van der Waals surface area contributed by atoms with Crippen LogP contribution in [0.15, 0.2) is 18.2 Å². The van der Waals surface area contributed by atoms with Gasteiger partial charge in [-0.3, -0.25) is 0 Å². The molecule has 0 spiro atoms. The van der Waals surface area contributed by atoms with Crippen molar-refractivity contribution >= 4 is 0 Å². The molecule has 0 radical (unpaired) electrons. The summed E-state index contributed by atoms with van der Waals surface area (Å²) in [6.45, 7) is 6.95. The van der Waals surface area contributed by atoms with Gasteiger partial charge in [-0.25, -0.2) is 0 Å². The van der Waals surface area contributed by atoms with Crippen molar-refractivity contribution in [2.24, 2.45) is 5.92 Å². The van der Waals surface area contributed by atoms with Crippen molar-refractivity contribution in [2.75, 3.05) is 7.11 Å². The lowest BCUT2D eigenvalue weighted by Crippen LogP contribution is -2.33. The van der Waals surface area contributed by atoms with E-state index in [4.69, 9.17) is 4.74 Å². The normalized spacial score (nSPS) is 21.1. The maximum absolute atomic E-state index is 5.34. The molecule has 0 aromatic heterocycles. The summed E-state index contributed by atoms with van der Waals surface area (Å²) in [5, 5.41) is 3.84. The molecule has 0 bridgehead atoms. The largest absolute Gasteiger partial charge is 0.497 e. The second-order valence-corrected chi connectivity index (χ2v) is 6.33. The van der Waals surface area contributed by atoms with Gasteiger partial charge < -0.3 is 10.1 Å². The average Bonchev–Trinajstić information content (AvgIpc) is 2.46. The number of ether oxygens (including phenoxy) is 1. The van der Waals surface area contributed by atoms with E-state index >= 15 is 0 Å². The number of nitrogens with one attached hydrogen (secondary N) is 1. The van der Waals surface area contributed by atoms with E-state index < -0.39 is 0 Å². The van der Waals surface area contributed by atoms with Crippen LogP contribution in [0.5, 0.6) is 5.75 Å². The van der Waals surface area contributed by atoms with E-state index in [9.17, 15) is 0 Å². The molecule has 0 saturated heterocycles. The number of methoxy groups -OCH3 is 1. The highest BCUT2D eigenvalue weighted by atomic mass is 16.5. The van der Waals surface area contributed by atoms with Crippen molar-refractivity contribution in [1.29, 1.82) is 0 Å². The van der Waals surface area contributed by atoms with Crippen LogP contribution in [-0.2, 0) is 6.42 Å². The summed E-state index contributed by atoms with van der Waals surface area (Å²) >= 11 is 0. The van der Waals surface area contributed by atoms with Gasteiger partial charge in [-0.1, -0.05) is 26.3 Å². The topological polar surface area (TPSA) is 21.3 Å². The van der Waals surface area contributed by atoms with Gasteiger partial charge in [0.05, 0.1) is 7.11 Å². The fourth-order valence-electron chi connectivity index (χ4n) is 3.27. The number of fused-ring (bicyclic) bond motifs is 1. The number of rotatable bonds is 6. The molecule has 1 N–H and O–H groups in total. The highest BCUT2D eigenvalue weighted by Gasteiger charge is 2.22. The zero-order valence-corrected chi connectivity index (χ0v) is 13.4. The van der Waals surface area contributed by atoms with Crippen LogP contribution in [0.1, 0.15) is 63.6 Å². The van der Waals surface area contributed by atoms with Crippen LogP contribution in [0.4, 0.5) is 0 Å². The Hall–Kier alpha value is -1.02. The van der Waals surface area contributed by atoms with E-state index in [1.165, 1.54) is 43.2 Å². The highest BCUT2D eigenvalue weighted by molar-refractivity contribution is 5.39. The van der Waals surface area contributed by atoms with Gasteiger partial charge in [-0.2, -0.15) is 0 Å². The Morgan fingerprint density at radius 3 is 2.85 bits per heavy atom. The second-order valence-electron chi connectivity index (χ2n) is 6.33. The van der Waals surface area contributed by atoms with E-state index in [0.717, 1.165) is 11.7 Å². The minimum atomic E-state index is 0.517. The van der Waals surface area contributed by atoms with Crippen LogP contribution in [-0.4, -0.2) is 13.2 Å². The van der Waals surface area contributed by atoms with Gasteiger partial charge in [0.1, 0.15) is 5.75 Å². The Labute approximate surface area is 123 Å². The molecule has 1 aliphatic carbocycles. The molecule has 20 heavy (non-hydrogen) atoms. The molecule has 1 aromatic rings. The van der Waals surface area contributed by atoms with E-state index in [1.54, 1.807) is 7.11 Å². The molecule has 2 nitrogen and oxygen atoms in total. The Kier molecular flexibility index (Phi) is 5.47. The summed E-state index contributed by atoms with van der Waals surface area (Å²) in [7, 11) is 1.74. The molecule has 0 amide bonds. The van der Waals surface area contributed by atoms with Crippen molar-refractivity contribution in [3.8, 4) is 5.75 Å². The Balaban J connectivity index is 2.04. The molecule has 0 heterocycles. The number of hydrogen-bond acceptors (Lipinski definition) is 2. The second kappa shape index (κ2) is 7.12. The standard InChI is InChI=1S/C18H29NO/c1-5-13(2)11-14(3)19-18-8-6-7-15-12-16(20-4)9-10-17(15)18/h9-10,12-14,18-19H,5-8,11H2,1-4H3. The SMILES string of the molecule is CCC(C)CC(C)NC1CCCc2cc(OC)ccc21. The molecule has 0 fully saturated rings. The van der Waals surface area contributed by atoms with E-state index in [-0.39, 0.29) is 0 Å². The molecule has 1 aromatic carbocycles. The summed E-state index contributed by atoms with van der Waals surface area (Å²) in [5.74, 6) is 1.79. The zero-order valence-electron chi connectivity index (χ0n) is 13.4. The summed E-state index contributed by atoms with van der Waals surface area (Å²) < 4.78 is 5.34. The van der Waals surface area contributed by atoms with Gasteiger partial charge in [0, 0.05) is 12.1 Å². The third-order valence-electron chi connectivity index (χ3n) is 4.60.